The summed E-state index contributed by atoms with van der Waals surface area (Å²) in [4.78, 5) is 46.8. The second-order valence-electron chi connectivity index (χ2n) is 6.83. The van der Waals surface area contributed by atoms with E-state index >= 15 is 0 Å². The van der Waals surface area contributed by atoms with Gasteiger partial charge in [0, 0.05) is 12.1 Å². The van der Waals surface area contributed by atoms with Crippen LogP contribution >= 0.6 is 11.3 Å². The molecule has 0 amide bonds. The Morgan fingerprint density at radius 2 is 2.11 bits per heavy atom. The topological polar surface area (TPSA) is 102 Å². The van der Waals surface area contributed by atoms with Crippen molar-refractivity contribution in [2.75, 3.05) is 27.3 Å². The number of aromatic amines is 1. The summed E-state index contributed by atoms with van der Waals surface area (Å²) in [6, 6.07) is 0. The zero-order valence-corrected chi connectivity index (χ0v) is 16.5. The van der Waals surface area contributed by atoms with Gasteiger partial charge < -0.3 is 14.5 Å². The minimum Gasteiger partial charge on any atom is -0.469 e. The van der Waals surface area contributed by atoms with Crippen LogP contribution in [0.3, 0.4) is 0 Å². The molecule has 3 rings (SSSR count). The Kier molecular flexibility index (Phi) is 5.91. The number of aromatic nitrogens is 2. The van der Waals surface area contributed by atoms with E-state index in [-0.39, 0.29) is 22.2 Å². The van der Waals surface area contributed by atoms with E-state index in [1.807, 2.05) is 0 Å². The molecule has 146 valence electrons. The van der Waals surface area contributed by atoms with Crippen LogP contribution in [0.1, 0.15) is 40.8 Å². The predicted molar refractivity (Wildman–Crippen MR) is 101 cm³/mol. The van der Waals surface area contributed by atoms with Gasteiger partial charge >= 0.3 is 11.9 Å². The maximum atomic E-state index is 12.7. The van der Waals surface area contributed by atoms with E-state index < -0.39 is 11.9 Å². The fourth-order valence-electron chi connectivity index (χ4n) is 3.47. The summed E-state index contributed by atoms with van der Waals surface area (Å²) in [5.41, 5.74) is -0.0500. The molecular weight excluding hydrogens is 370 g/mol. The number of hydrogen-bond donors (Lipinski definition) is 1. The monoisotopic (exact) mass is 393 g/mol. The summed E-state index contributed by atoms with van der Waals surface area (Å²) >= 11 is 1.07. The third-order valence-electron chi connectivity index (χ3n) is 4.74. The first-order valence-electron chi connectivity index (χ1n) is 8.85. The largest absolute Gasteiger partial charge is 0.469 e. The maximum absolute atomic E-state index is 12.7. The number of carbonyl (C=O) groups excluding carboxylic acids is 2. The Morgan fingerprint density at radius 3 is 2.78 bits per heavy atom. The van der Waals surface area contributed by atoms with Crippen LogP contribution in [0.25, 0.3) is 10.2 Å². The number of thiophene rings is 1. The minimum absolute atomic E-state index is 0.186. The SMILES string of the molecule is COC(=O)Cc1c(C(=O)OC)sc2nc(CN3CCC[C@@H](C)C3)[nH]c(=O)c12. The second-order valence-corrected chi connectivity index (χ2v) is 7.83. The molecule has 1 N–H and O–H groups in total. The first-order chi connectivity index (χ1) is 12.9. The summed E-state index contributed by atoms with van der Waals surface area (Å²) in [5, 5.41) is 0.251. The van der Waals surface area contributed by atoms with Gasteiger partial charge in [-0.2, -0.15) is 0 Å². The Labute approximate surface area is 160 Å². The lowest BCUT2D eigenvalue weighted by atomic mass is 10.0. The molecule has 1 fully saturated rings. The molecule has 0 saturated carbocycles. The van der Waals surface area contributed by atoms with E-state index in [0.717, 1.165) is 30.8 Å². The number of nitrogens with one attached hydrogen (secondary N) is 1. The molecule has 0 aliphatic carbocycles. The molecule has 3 heterocycles. The Bertz CT molecular complexity index is 920. The lowest BCUT2D eigenvalue weighted by Crippen LogP contribution is -2.34. The Morgan fingerprint density at radius 1 is 1.33 bits per heavy atom. The molecule has 1 atom stereocenters. The summed E-state index contributed by atoms with van der Waals surface area (Å²) in [6.07, 6.45) is 2.15. The van der Waals surface area contributed by atoms with Crippen LogP contribution in [0.2, 0.25) is 0 Å². The van der Waals surface area contributed by atoms with Crippen LogP contribution in [0.4, 0.5) is 0 Å². The van der Waals surface area contributed by atoms with Gasteiger partial charge in [0.2, 0.25) is 0 Å². The molecule has 8 nitrogen and oxygen atoms in total. The molecule has 1 saturated heterocycles. The first-order valence-corrected chi connectivity index (χ1v) is 9.66. The molecule has 1 aliphatic rings. The number of H-pyrrole nitrogens is 1. The normalized spacial score (nSPS) is 17.8. The molecule has 2 aromatic rings. The average Bonchev–Trinajstić information content (AvgIpc) is 2.99. The number of rotatable bonds is 5. The number of nitrogens with zero attached hydrogens (tertiary/aromatic N) is 2. The molecule has 9 heteroatoms. The third kappa shape index (κ3) is 4.19. The molecule has 27 heavy (non-hydrogen) atoms. The van der Waals surface area contributed by atoms with Gasteiger partial charge in [0.05, 0.1) is 32.6 Å². The Hall–Kier alpha value is -2.26. The van der Waals surface area contributed by atoms with Gasteiger partial charge in [-0.25, -0.2) is 9.78 Å². The summed E-state index contributed by atoms with van der Waals surface area (Å²) in [7, 11) is 2.52. The van der Waals surface area contributed by atoms with Crippen molar-refractivity contribution in [3.63, 3.8) is 0 Å². The number of likely N-dealkylation sites (tertiary alicyclic amines) is 1. The van der Waals surface area contributed by atoms with Crippen molar-refractivity contribution in [2.45, 2.75) is 32.7 Å². The highest BCUT2D eigenvalue weighted by atomic mass is 32.1. The van der Waals surface area contributed by atoms with Crippen molar-refractivity contribution in [1.29, 1.82) is 0 Å². The van der Waals surface area contributed by atoms with Gasteiger partial charge in [0.1, 0.15) is 15.5 Å². The van der Waals surface area contributed by atoms with Crippen molar-refractivity contribution in [2.24, 2.45) is 5.92 Å². The highest BCUT2D eigenvalue weighted by Crippen LogP contribution is 2.29. The fourth-order valence-corrected chi connectivity index (χ4v) is 4.60. The van der Waals surface area contributed by atoms with Crippen LogP contribution in [-0.2, 0) is 27.2 Å². The number of fused-ring (bicyclic) bond motifs is 1. The molecule has 1 aliphatic heterocycles. The van der Waals surface area contributed by atoms with Crippen LogP contribution in [0, 0.1) is 5.92 Å². The number of ether oxygens (including phenoxy) is 2. The Balaban J connectivity index is 2.00. The molecule has 2 aromatic heterocycles. The number of carbonyl (C=O) groups is 2. The number of hydrogen-bond acceptors (Lipinski definition) is 8. The number of piperidine rings is 1. The second kappa shape index (κ2) is 8.18. The van der Waals surface area contributed by atoms with Crippen molar-refractivity contribution in [1.82, 2.24) is 14.9 Å². The van der Waals surface area contributed by atoms with Gasteiger partial charge in [-0.3, -0.25) is 14.5 Å². The standard InChI is InChI=1S/C18H23N3O5S/c1-10-5-4-6-21(8-10)9-12-19-16(23)14-11(7-13(22)25-2)15(18(24)26-3)27-17(14)20-12/h10H,4-9H2,1-3H3,(H,19,20,23)/t10-/m1/s1. The molecule has 0 aromatic carbocycles. The average molecular weight is 393 g/mol. The lowest BCUT2D eigenvalue weighted by molar-refractivity contribution is -0.139. The summed E-state index contributed by atoms with van der Waals surface area (Å²) < 4.78 is 9.49. The minimum atomic E-state index is -0.595. The van der Waals surface area contributed by atoms with Gasteiger partial charge in [-0.15, -0.1) is 11.3 Å². The third-order valence-corrected chi connectivity index (χ3v) is 5.85. The van der Waals surface area contributed by atoms with Crippen molar-refractivity contribution >= 4 is 33.5 Å². The van der Waals surface area contributed by atoms with E-state index in [1.54, 1.807) is 0 Å². The maximum Gasteiger partial charge on any atom is 0.348 e. The lowest BCUT2D eigenvalue weighted by Gasteiger charge is -2.30. The van der Waals surface area contributed by atoms with Gasteiger partial charge in [0.15, 0.2) is 0 Å². The van der Waals surface area contributed by atoms with Gasteiger partial charge in [0.25, 0.3) is 5.56 Å². The van der Waals surface area contributed by atoms with Gasteiger partial charge in [-0.05, 0) is 25.3 Å². The van der Waals surface area contributed by atoms with E-state index in [0.29, 0.717) is 28.7 Å². The van der Waals surface area contributed by atoms with Crippen LogP contribution in [-0.4, -0.2) is 54.1 Å². The predicted octanol–water partition coefficient (Wildman–Crippen LogP) is 1.72. The molecular formula is C18H23N3O5S. The van der Waals surface area contributed by atoms with Crippen molar-refractivity contribution in [3.05, 3.63) is 26.6 Å². The smallest absolute Gasteiger partial charge is 0.348 e. The van der Waals surface area contributed by atoms with Crippen LogP contribution in [0.15, 0.2) is 4.79 Å². The summed E-state index contributed by atoms with van der Waals surface area (Å²) in [6.45, 7) is 4.70. The highest BCUT2D eigenvalue weighted by molar-refractivity contribution is 7.20. The van der Waals surface area contributed by atoms with Gasteiger partial charge in [-0.1, -0.05) is 6.92 Å². The van der Waals surface area contributed by atoms with Crippen LogP contribution < -0.4 is 5.56 Å². The number of methoxy groups -OCH3 is 2. The zero-order chi connectivity index (χ0) is 19.6. The van der Waals surface area contributed by atoms with E-state index in [2.05, 4.69) is 26.5 Å². The van der Waals surface area contributed by atoms with Crippen LogP contribution in [0.5, 0.6) is 0 Å². The van der Waals surface area contributed by atoms with E-state index in [1.165, 1.54) is 20.6 Å². The van der Waals surface area contributed by atoms with Crippen molar-refractivity contribution < 1.29 is 19.1 Å². The number of esters is 2. The first kappa shape index (κ1) is 19.5. The van der Waals surface area contributed by atoms with E-state index in [4.69, 9.17) is 4.74 Å². The highest BCUT2D eigenvalue weighted by Gasteiger charge is 2.25. The molecule has 0 bridgehead atoms. The molecule has 0 radical (unpaired) electrons. The molecule has 0 spiro atoms. The zero-order valence-electron chi connectivity index (χ0n) is 15.7. The quantitative estimate of drug-likeness (QED) is 0.772. The summed E-state index contributed by atoms with van der Waals surface area (Å²) in [5.74, 6) is 0.0470. The van der Waals surface area contributed by atoms with E-state index in [9.17, 15) is 14.4 Å². The van der Waals surface area contributed by atoms with Crippen molar-refractivity contribution in [3.8, 4) is 0 Å². The molecule has 0 unspecified atom stereocenters. The fraction of sp³-hybridized carbons (Fsp3) is 0.556.